The first kappa shape index (κ1) is 16.5. The quantitative estimate of drug-likeness (QED) is 0.633. The summed E-state index contributed by atoms with van der Waals surface area (Å²) in [5, 5.41) is 16.0. The largest absolute Gasteiger partial charge is 0.393 e. The van der Waals surface area contributed by atoms with Crippen LogP contribution in [-0.2, 0) is 0 Å². The number of aliphatic hydroxyl groups excluding tert-OH is 1. The van der Waals surface area contributed by atoms with Crippen molar-refractivity contribution in [3.8, 4) is 0 Å². The van der Waals surface area contributed by atoms with E-state index in [1.54, 1.807) is 0 Å². The number of hydrogen-bond acceptors (Lipinski definition) is 6. The average molecular weight is 307 g/mol. The zero-order valence-electron chi connectivity index (χ0n) is 13.2. The van der Waals surface area contributed by atoms with Crippen molar-refractivity contribution in [1.82, 2.24) is 9.97 Å². The minimum absolute atomic E-state index is 0.186. The van der Waals surface area contributed by atoms with Crippen LogP contribution in [-0.4, -0.2) is 39.2 Å². The number of hydrogen-bond donors (Lipinski definition) is 4. The van der Waals surface area contributed by atoms with Crippen LogP contribution in [0, 0.1) is 0 Å². The van der Waals surface area contributed by atoms with Crippen LogP contribution >= 0.6 is 0 Å². The Morgan fingerprint density at radius 2 is 2.14 bits per heavy atom. The summed E-state index contributed by atoms with van der Waals surface area (Å²) in [5.41, 5.74) is 5.67. The van der Waals surface area contributed by atoms with E-state index in [4.69, 9.17) is 5.73 Å². The molecular weight excluding hydrogens is 282 g/mol. The van der Waals surface area contributed by atoms with Gasteiger partial charge in [-0.25, -0.2) is 4.98 Å². The van der Waals surface area contributed by atoms with Crippen LogP contribution < -0.4 is 16.4 Å². The van der Waals surface area contributed by atoms with Gasteiger partial charge in [0.05, 0.1) is 11.7 Å². The van der Waals surface area contributed by atoms with Gasteiger partial charge in [-0.1, -0.05) is 6.92 Å². The van der Waals surface area contributed by atoms with Crippen molar-refractivity contribution in [2.24, 2.45) is 5.73 Å². The number of aliphatic hydroxyl groups is 1. The average Bonchev–Trinajstić information content (AvgIpc) is 2.49. The first-order chi connectivity index (χ1) is 10.5. The molecule has 0 spiro atoms. The van der Waals surface area contributed by atoms with Gasteiger partial charge >= 0.3 is 0 Å². The Hall–Kier alpha value is -1.89. The number of anilines is 2. The van der Waals surface area contributed by atoms with Crippen molar-refractivity contribution < 1.29 is 9.90 Å². The molecule has 0 radical (unpaired) electrons. The highest BCUT2D eigenvalue weighted by atomic mass is 16.3. The van der Waals surface area contributed by atoms with E-state index in [-0.39, 0.29) is 18.2 Å². The Kier molecular flexibility index (Phi) is 5.54. The summed E-state index contributed by atoms with van der Waals surface area (Å²) in [5.74, 6) is 0.408. The van der Waals surface area contributed by atoms with E-state index < -0.39 is 5.91 Å². The number of nitrogens with two attached hydrogens (primary N) is 1. The van der Waals surface area contributed by atoms with Crippen LogP contribution in [0.25, 0.3) is 0 Å². The van der Waals surface area contributed by atoms with Crippen molar-refractivity contribution in [2.45, 2.75) is 64.1 Å². The topological polar surface area (TPSA) is 113 Å². The maximum Gasteiger partial charge on any atom is 0.254 e. The van der Waals surface area contributed by atoms with Gasteiger partial charge < -0.3 is 21.5 Å². The van der Waals surface area contributed by atoms with Gasteiger partial charge in [0.25, 0.3) is 5.91 Å². The summed E-state index contributed by atoms with van der Waals surface area (Å²) >= 11 is 0. The van der Waals surface area contributed by atoms with E-state index >= 15 is 0 Å². The molecule has 0 saturated heterocycles. The van der Waals surface area contributed by atoms with Crippen molar-refractivity contribution in [3.05, 3.63) is 11.8 Å². The van der Waals surface area contributed by atoms with Crippen LogP contribution in [0.15, 0.2) is 6.20 Å². The second-order valence-corrected chi connectivity index (χ2v) is 5.92. The molecule has 1 unspecified atom stereocenters. The van der Waals surface area contributed by atoms with E-state index in [2.05, 4.69) is 27.5 Å². The molecule has 7 nitrogen and oxygen atoms in total. The molecule has 1 fully saturated rings. The zero-order chi connectivity index (χ0) is 16.1. The maximum atomic E-state index is 11.5. The molecule has 0 aliphatic heterocycles. The van der Waals surface area contributed by atoms with E-state index in [1.807, 2.05) is 6.92 Å². The lowest BCUT2D eigenvalue weighted by atomic mass is 9.93. The standard InChI is InChI=1S/C15H25N5O2/c1-3-9(2)18-14-12(13(16)22)8-17-15(20-14)19-10-4-6-11(21)7-5-10/h8-11,21H,3-7H2,1-2H3,(H2,16,22)(H2,17,18,19,20)/t9?,10-,11-. The molecule has 2 rings (SSSR count). The third-order valence-electron chi connectivity index (χ3n) is 4.08. The SMILES string of the molecule is CCC(C)Nc1nc(N[C@H]2CC[C@H](O)CC2)ncc1C(N)=O. The second kappa shape index (κ2) is 7.40. The highest BCUT2D eigenvalue weighted by Crippen LogP contribution is 2.22. The van der Waals surface area contributed by atoms with Gasteiger partial charge in [-0.3, -0.25) is 4.79 Å². The zero-order valence-corrected chi connectivity index (χ0v) is 13.2. The Labute approximate surface area is 130 Å². The first-order valence-electron chi connectivity index (χ1n) is 7.87. The fourth-order valence-corrected chi connectivity index (χ4v) is 2.48. The van der Waals surface area contributed by atoms with Crippen LogP contribution in [0.2, 0.25) is 0 Å². The van der Waals surface area contributed by atoms with Gasteiger partial charge in [0.15, 0.2) is 0 Å². The predicted molar refractivity (Wildman–Crippen MR) is 85.8 cm³/mol. The van der Waals surface area contributed by atoms with Crippen molar-refractivity contribution >= 4 is 17.7 Å². The summed E-state index contributed by atoms with van der Waals surface area (Å²) in [6.45, 7) is 4.07. The Morgan fingerprint density at radius 3 is 2.73 bits per heavy atom. The van der Waals surface area contributed by atoms with Crippen molar-refractivity contribution in [1.29, 1.82) is 0 Å². The monoisotopic (exact) mass is 307 g/mol. The summed E-state index contributed by atoms with van der Waals surface area (Å²) in [6.07, 6.45) is 5.51. The molecule has 0 bridgehead atoms. The van der Waals surface area contributed by atoms with Crippen LogP contribution in [0.1, 0.15) is 56.3 Å². The number of nitrogens with zero attached hydrogens (tertiary/aromatic N) is 2. The third kappa shape index (κ3) is 4.30. The lowest BCUT2D eigenvalue weighted by Crippen LogP contribution is -2.29. The van der Waals surface area contributed by atoms with Gasteiger partial charge in [0.2, 0.25) is 5.95 Å². The highest BCUT2D eigenvalue weighted by molar-refractivity contribution is 5.97. The lowest BCUT2D eigenvalue weighted by Gasteiger charge is -2.26. The summed E-state index contributed by atoms with van der Waals surface area (Å²) in [6, 6.07) is 0.435. The molecule has 1 aliphatic rings. The van der Waals surface area contributed by atoms with E-state index in [1.165, 1.54) is 6.20 Å². The van der Waals surface area contributed by atoms with Crippen LogP contribution in [0.3, 0.4) is 0 Å². The maximum absolute atomic E-state index is 11.5. The van der Waals surface area contributed by atoms with E-state index in [0.29, 0.717) is 17.3 Å². The minimum Gasteiger partial charge on any atom is -0.393 e. The smallest absolute Gasteiger partial charge is 0.254 e. The van der Waals surface area contributed by atoms with Crippen LogP contribution in [0.4, 0.5) is 11.8 Å². The normalized spacial score (nSPS) is 22.9. The lowest BCUT2D eigenvalue weighted by molar-refractivity contribution is 0.100. The Balaban J connectivity index is 2.11. The molecular formula is C15H25N5O2. The Bertz CT molecular complexity index is 515. The summed E-state index contributed by atoms with van der Waals surface area (Å²) in [7, 11) is 0. The van der Waals surface area contributed by atoms with Crippen molar-refractivity contribution in [2.75, 3.05) is 10.6 Å². The molecule has 22 heavy (non-hydrogen) atoms. The van der Waals surface area contributed by atoms with Crippen LogP contribution in [0.5, 0.6) is 0 Å². The van der Waals surface area contributed by atoms with E-state index in [0.717, 1.165) is 32.1 Å². The molecule has 1 aromatic heterocycles. The van der Waals surface area contributed by atoms with Gasteiger partial charge in [0, 0.05) is 18.3 Å². The molecule has 1 amide bonds. The number of amides is 1. The second-order valence-electron chi connectivity index (χ2n) is 5.92. The fraction of sp³-hybridized carbons (Fsp3) is 0.667. The Morgan fingerprint density at radius 1 is 1.45 bits per heavy atom. The third-order valence-corrected chi connectivity index (χ3v) is 4.08. The van der Waals surface area contributed by atoms with Gasteiger partial charge in [0.1, 0.15) is 5.82 Å². The van der Waals surface area contributed by atoms with Gasteiger partial charge in [-0.05, 0) is 39.0 Å². The molecule has 7 heteroatoms. The molecule has 0 aromatic carbocycles. The minimum atomic E-state index is -0.543. The number of carbonyl (C=O) groups is 1. The predicted octanol–water partition coefficient (Wildman–Crippen LogP) is 1.50. The molecule has 1 aromatic rings. The molecule has 5 N–H and O–H groups in total. The highest BCUT2D eigenvalue weighted by Gasteiger charge is 2.21. The van der Waals surface area contributed by atoms with Crippen molar-refractivity contribution in [3.63, 3.8) is 0 Å². The molecule has 122 valence electrons. The molecule has 1 heterocycles. The van der Waals surface area contributed by atoms with Gasteiger partial charge in [-0.15, -0.1) is 0 Å². The number of nitrogens with one attached hydrogen (secondary N) is 2. The number of primary amides is 1. The number of aromatic nitrogens is 2. The summed E-state index contributed by atoms with van der Waals surface area (Å²) < 4.78 is 0. The first-order valence-corrected chi connectivity index (χ1v) is 7.87. The summed E-state index contributed by atoms with van der Waals surface area (Å²) in [4.78, 5) is 20.1. The fourth-order valence-electron chi connectivity index (χ4n) is 2.48. The van der Waals surface area contributed by atoms with Gasteiger partial charge in [-0.2, -0.15) is 4.98 Å². The number of carbonyl (C=O) groups excluding carboxylic acids is 1. The molecule has 1 saturated carbocycles. The number of rotatable bonds is 6. The molecule has 1 atom stereocenters. The molecule has 1 aliphatic carbocycles. The van der Waals surface area contributed by atoms with E-state index in [9.17, 15) is 9.90 Å².